The first-order valence-electron chi connectivity index (χ1n) is 13.0. The van der Waals surface area contributed by atoms with Crippen molar-refractivity contribution in [2.24, 2.45) is 0 Å². The van der Waals surface area contributed by atoms with Crippen molar-refractivity contribution in [2.45, 2.75) is 13.8 Å². The highest BCUT2D eigenvalue weighted by Gasteiger charge is 2.26. The summed E-state index contributed by atoms with van der Waals surface area (Å²) in [5, 5.41) is 2.30. The van der Waals surface area contributed by atoms with Crippen molar-refractivity contribution in [3.63, 3.8) is 0 Å². The van der Waals surface area contributed by atoms with Gasteiger partial charge in [0.15, 0.2) is 11.5 Å². The molecule has 3 heteroatoms. The Balaban J connectivity index is 1.84. The first-order chi connectivity index (χ1) is 18.2. The van der Waals surface area contributed by atoms with E-state index in [0.717, 1.165) is 22.3 Å². The second-order valence-electron chi connectivity index (χ2n) is 10.8. The first kappa shape index (κ1) is 25.6. The number of rotatable bonds is 6. The molecule has 0 unspecified atom stereocenters. The van der Waals surface area contributed by atoms with Crippen LogP contribution in [0.1, 0.15) is 11.1 Å². The van der Waals surface area contributed by atoms with Gasteiger partial charge in [0.2, 0.25) is 0 Å². The molecule has 192 valence electrons. The second kappa shape index (κ2) is 10.00. The highest BCUT2D eigenvalue weighted by Crippen LogP contribution is 2.47. The standard InChI is InChI=1S/C35H36NO2/c1-23-13-14-28(19-24(23)2)30-20-29(27-17-15-26(16-18-27)25-11-9-8-10-12-25)31-21-33(37-6)34(38-7)22-32(31)35(30)36(3,4)5/h8-22H,1-7H3/q+1. The summed E-state index contributed by atoms with van der Waals surface area (Å²) in [6, 6.07) is 32.8. The van der Waals surface area contributed by atoms with Gasteiger partial charge >= 0.3 is 0 Å². The topological polar surface area (TPSA) is 18.5 Å². The number of benzene rings is 5. The van der Waals surface area contributed by atoms with Crippen molar-refractivity contribution in [1.29, 1.82) is 0 Å². The molecule has 38 heavy (non-hydrogen) atoms. The molecule has 0 atom stereocenters. The highest BCUT2D eigenvalue weighted by atomic mass is 16.5. The largest absolute Gasteiger partial charge is 0.493 e. The summed E-state index contributed by atoms with van der Waals surface area (Å²) >= 11 is 0. The fourth-order valence-corrected chi connectivity index (χ4v) is 5.30. The zero-order valence-corrected chi connectivity index (χ0v) is 23.4. The third-order valence-electron chi connectivity index (χ3n) is 7.40. The number of hydrogen-bond acceptors (Lipinski definition) is 2. The summed E-state index contributed by atoms with van der Waals surface area (Å²) in [6.45, 7) is 4.35. The van der Waals surface area contributed by atoms with E-state index in [9.17, 15) is 0 Å². The molecule has 0 heterocycles. The quantitative estimate of drug-likeness (QED) is 0.216. The predicted molar refractivity (Wildman–Crippen MR) is 162 cm³/mol. The molecule has 0 aliphatic carbocycles. The highest BCUT2D eigenvalue weighted by molar-refractivity contribution is 6.10. The smallest absolute Gasteiger partial charge is 0.161 e. The van der Waals surface area contributed by atoms with Crippen molar-refractivity contribution < 1.29 is 9.47 Å². The molecule has 0 aliphatic rings. The van der Waals surface area contributed by atoms with Gasteiger partial charge in [-0.25, -0.2) is 0 Å². The molecule has 0 radical (unpaired) electrons. The third kappa shape index (κ3) is 4.66. The summed E-state index contributed by atoms with van der Waals surface area (Å²) < 4.78 is 12.2. The number of methoxy groups -OCH3 is 2. The van der Waals surface area contributed by atoms with Crippen LogP contribution < -0.4 is 14.0 Å². The number of fused-ring (bicyclic) bond motifs is 1. The molecule has 5 aromatic rings. The van der Waals surface area contributed by atoms with E-state index < -0.39 is 0 Å². The lowest BCUT2D eigenvalue weighted by Crippen LogP contribution is -2.35. The van der Waals surface area contributed by atoms with Gasteiger partial charge < -0.3 is 9.47 Å². The minimum absolute atomic E-state index is 0.668. The molecule has 5 rings (SSSR count). The van der Waals surface area contributed by atoms with Crippen molar-refractivity contribution in [3.8, 4) is 44.9 Å². The lowest BCUT2D eigenvalue weighted by atomic mass is 9.88. The van der Waals surface area contributed by atoms with Gasteiger partial charge in [-0.15, -0.1) is 0 Å². The lowest BCUT2D eigenvalue weighted by molar-refractivity contribution is 0.356. The van der Waals surface area contributed by atoms with E-state index in [0.29, 0.717) is 4.48 Å². The zero-order chi connectivity index (χ0) is 27.0. The lowest BCUT2D eigenvalue weighted by Gasteiger charge is -2.29. The van der Waals surface area contributed by atoms with E-state index in [1.165, 1.54) is 50.2 Å². The Labute approximate surface area is 226 Å². The Bertz CT molecular complexity index is 1610. The number of ether oxygens (including phenoxy) is 2. The average Bonchev–Trinajstić information content (AvgIpc) is 2.92. The van der Waals surface area contributed by atoms with Gasteiger partial charge in [-0.2, -0.15) is 0 Å². The maximum Gasteiger partial charge on any atom is 0.161 e. The molecule has 0 saturated carbocycles. The van der Waals surface area contributed by atoms with Gasteiger partial charge in [-0.1, -0.05) is 72.8 Å². The van der Waals surface area contributed by atoms with Crippen LogP contribution in [-0.4, -0.2) is 35.4 Å². The first-order valence-corrected chi connectivity index (χ1v) is 13.0. The van der Waals surface area contributed by atoms with E-state index >= 15 is 0 Å². The Kier molecular flexibility index (Phi) is 6.73. The van der Waals surface area contributed by atoms with Crippen molar-refractivity contribution in [3.05, 3.63) is 102 Å². The van der Waals surface area contributed by atoms with E-state index in [1.54, 1.807) is 14.2 Å². The van der Waals surface area contributed by atoms with E-state index in [2.05, 4.69) is 126 Å². The molecule has 0 amide bonds. The molecule has 0 aromatic heterocycles. The van der Waals surface area contributed by atoms with Crippen LogP contribution in [0.15, 0.2) is 91.0 Å². The van der Waals surface area contributed by atoms with Crippen LogP contribution in [-0.2, 0) is 0 Å². The monoisotopic (exact) mass is 502 g/mol. The fraction of sp³-hybridized carbons (Fsp3) is 0.200. The third-order valence-corrected chi connectivity index (χ3v) is 7.40. The molecule has 3 nitrogen and oxygen atoms in total. The van der Waals surface area contributed by atoms with E-state index in [-0.39, 0.29) is 0 Å². The predicted octanol–water partition coefficient (Wildman–Crippen LogP) is 8.67. The Morgan fingerprint density at radius 3 is 1.63 bits per heavy atom. The van der Waals surface area contributed by atoms with Crippen LogP contribution in [0.3, 0.4) is 0 Å². The Morgan fingerprint density at radius 1 is 0.500 bits per heavy atom. The molecule has 0 saturated heterocycles. The molecule has 0 spiro atoms. The summed E-state index contributed by atoms with van der Waals surface area (Å²) in [7, 11) is 10.1. The maximum absolute atomic E-state index is 5.77. The van der Waals surface area contributed by atoms with Crippen molar-refractivity contribution >= 4 is 16.5 Å². The maximum atomic E-state index is 5.77. The van der Waals surface area contributed by atoms with E-state index in [1.807, 2.05) is 0 Å². The molecular weight excluding hydrogens is 466 g/mol. The number of quaternary nitrogens is 1. The molecule has 0 fully saturated rings. The second-order valence-corrected chi connectivity index (χ2v) is 10.8. The van der Waals surface area contributed by atoms with Gasteiger partial charge in [-0.05, 0) is 76.4 Å². The number of nitrogens with zero attached hydrogens (tertiary/aromatic N) is 1. The van der Waals surface area contributed by atoms with Gasteiger partial charge in [0.25, 0.3) is 0 Å². The molecule has 0 N–H and O–H groups in total. The Morgan fingerprint density at radius 2 is 1.05 bits per heavy atom. The summed E-state index contributed by atoms with van der Waals surface area (Å²) in [4.78, 5) is 0. The van der Waals surface area contributed by atoms with E-state index in [4.69, 9.17) is 9.47 Å². The van der Waals surface area contributed by atoms with Crippen molar-refractivity contribution in [2.75, 3.05) is 35.4 Å². The van der Waals surface area contributed by atoms with Gasteiger partial charge in [0.05, 0.1) is 35.4 Å². The molecule has 0 bridgehead atoms. The number of hydrogen-bond donors (Lipinski definition) is 0. The minimum Gasteiger partial charge on any atom is -0.493 e. The average molecular weight is 503 g/mol. The van der Waals surface area contributed by atoms with Crippen LogP contribution in [0, 0.1) is 13.8 Å². The van der Waals surface area contributed by atoms with Crippen LogP contribution >= 0.6 is 0 Å². The SMILES string of the molecule is COc1cc2c(-c3ccc(-c4ccccc4)cc3)cc(-c3ccc(C)c(C)c3)c([N+](C)(C)C)c2cc1OC. The molecular formula is C35H36NO2+. The fourth-order valence-electron chi connectivity index (χ4n) is 5.30. The summed E-state index contributed by atoms with van der Waals surface area (Å²) in [5.74, 6) is 1.46. The van der Waals surface area contributed by atoms with Gasteiger partial charge in [0, 0.05) is 10.9 Å². The zero-order valence-electron chi connectivity index (χ0n) is 23.4. The van der Waals surface area contributed by atoms with Crippen LogP contribution in [0.4, 0.5) is 5.69 Å². The number of aryl methyl sites for hydroxylation is 2. The van der Waals surface area contributed by atoms with Gasteiger partial charge in [-0.3, -0.25) is 4.48 Å². The molecule has 5 aromatic carbocycles. The Hall–Kier alpha value is -4.08. The summed E-state index contributed by atoms with van der Waals surface area (Å²) in [6.07, 6.45) is 0. The molecule has 0 aliphatic heterocycles. The van der Waals surface area contributed by atoms with Crippen LogP contribution in [0.25, 0.3) is 44.2 Å². The normalized spacial score (nSPS) is 11.6. The minimum atomic E-state index is 0.668. The van der Waals surface area contributed by atoms with Gasteiger partial charge in [0.1, 0.15) is 5.69 Å². The summed E-state index contributed by atoms with van der Waals surface area (Å²) in [5.41, 5.74) is 11.0. The van der Waals surface area contributed by atoms with Crippen molar-refractivity contribution in [1.82, 2.24) is 4.48 Å². The van der Waals surface area contributed by atoms with Crippen LogP contribution in [0.5, 0.6) is 11.5 Å². The van der Waals surface area contributed by atoms with Crippen LogP contribution in [0.2, 0.25) is 0 Å².